The largest absolute Gasteiger partial charge is 0.423 e. The second kappa shape index (κ2) is 10.0. The molecule has 1 atom stereocenters. The molecule has 188 valence electrons. The van der Waals surface area contributed by atoms with Crippen LogP contribution in [-0.2, 0) is 9.53 Å². The van der Waals surface area contributed by atoms with E-state index in [1.807, 2.05) is 30.5 Å². The van der Waals surface area contributed by atoms with E-state index >= 15 is 0 Å². The topological polar surface area (TPSA) is 95.8 Å². The highest BCUT2D eigenvalue weighted by Gasteiger charge is 2.26. The zero-order valence-corrected chi connectivity index (χ0v) is 21.1. The SMILES string of the molecule is Cc1cc(C2NC(C(=O)Nc3cc4oc(N5CCOCC5)nc4cc3N3CCCCC3)=CS2)ccn1. The van der Waals surface area contributed by atoms with Gasteiger partial charge >= 0.3 is 0 Å². The Morgan fingerprint density at radius 3 is 2.75 bits per heavy atom. The normalized spacial score (nSPS) is 20.4. The van der Waals surface area contributed by atoms with Crippen molar-refractivity contribution in [3.05, 3.63) is 52.8 Å². The van der Waals surface area contributed by atoms with Crippen LogP contribution in [0.3, 0.4) is 0 Å². The Morgan fingerprint density at radius 2 is 1.94 bits per heavy atom. The van der Waals surface area contributed by atoms with E-state index in [0.717, 1.165) is 67.2 Å². The fourth-order valence-electron chi connectivity index (χ4n) is 4.88. The van der Waals surface area contributed by atoms with Crippen molar-refractivity contribution in [3.8, 4) is 0 Å². The van der Waals surface area contributed by atoms with Crippen LogP contribution in [0.25, 0.3) is 11.1 Å². The van der Waals surface area contributed by atoms with Crippen molar-refractivity contribution >= 4 is 46.2 Å². The van der Waals surface area contributed by atoms with Crippen LogP contribution < -0.4 is 20.4 Å². The molecule has 2 fully saturated rings. The fourth-order valence-corrected chi connectivity index (χ4v) is 5.83. The van der Waals surface area contributed by atoms with Crippen molar-refractivity contribution in [1.29, 1.82) is 0 Å². The Morgan fingerprint density at radius 1 is 1.11 bits per heavy atom. The Balaban J connectivity index is 1.26. The monoisotopic (exact) mass is 506 g/mol. The highest BCUT2D eigenvalue weighted by Crippen LogP contribution is 2.37. The molecular weight excluding hydrogens is 476 g/mol. The van der Waals surface area contributed by atoms with E-state index in [0.29, 0.717) is 30.5 Å². The van der Waals surface area contributed by atoms with E-state index in [2.05, 4.69) is 31.5 Å². The number of ether oxygens (including phenoxy) is 1. The predicted molar refractivity (Wildman–Crippen MR) is 142 cm³/mol. The van der Waals surface area contributed by atoms with Crippen LogP contribution >= 0.6 is 11.8 Å². The number of nitrogens with one attached hydrogen (secondary N) is 2. The van der Waals surface area contributed by atoms with Crippen LogP contribution in [0.4, 0.5) is 17.4 Å². The summed E-state index contributed by atoms with van der Waals surface area (Å²) in [5.74, 6) is -0.165. The molecule has 0 spiro atoms. The van der Waals surface area contributed by atoms with Gasteiger partial charge in [0.2, 0.25) is 0 Å². The number of amides is 1. The summed E-state index contributed by atoms with van der Waals surface area (Å²) in [6.45, 7) is 6.73. The van der Waals surface area contributed by atoms with Gasteiger partial charge in [-0.05, 0) is 49.9 Å². The van der Waals surface area contributed by atoms with Gasteiger partial charge < -0.3 is 29.6 Å². The lowest BCUT2D eigenvalue weighted by Gasteiger charge is -2.30. The van der Waals surface area contributed by atoms with Gasteiger partial charge in [0.25, 0.3) is 11.9 Å². The molecule has 2 saturated heterocycles. The second-order valence-electron chi connectivity index (χ2n) is 9.36. The summed E-state index contributed by atoms with van der Waals surface area (Å²) in [5, 5.41) is 8.39. The number of oxazole rings is 1. The number of pyridine rings is 1. The lowest BCUT2D eigenvalue weighted by molar-refractivity contribution is -0.113. The minimum absolute atomic E-state index is 0.0122. The smallest absolute Gasteiger partial charge is 0.298 e. The Bertz CT molecular complexity index is 1300. The number of thioether (sulfide) groups is 1. The Kier molecular flexibility index (Phi) is 6.45. The third-order valence-electron chi connectivity index (χ3n) is 6.80. The molecule has 10 heteroatoms. The van der Waals surface area contributed by atoms with E-state index in [9.17, 15) is 4.79 Å². The number of aromatic nitrogens is 2. The molecule has 36 heavy (non-hydrogen) atoms. The van der Waals surface area contributed by atoms with E-state index in [-0.39, 0.29) is 11.3 Å². The summed E-state index contributed by atoms with van der Waals surface area (Å²) < 4.78 is 11.6. The lowest BCUT2D eigenvalue weighted by Crippen LogP contribution is -2.36. The van der Waals surface area contributed by atoms with Crippen molar-refractivity contribution in [2.24, 2.45) is 0 Å². The zero-order valence-electron chi connectivity index (χ0n) is 20.3. The fraction of sp³-hybridized carbons (Fsp3) is 0.423. The number of rotatable bonds is 5. The van der Waals surface area contributed by atoms with E-state index in [4.69, 9.17) is 14.1 Å². The Labute approximate surface area is 214 Å². The molecule has 1 unspecified atom stereocenters. The van der Waals surface area contributed by atoms with E-state index in [1.54, 1.807) is 18.0 Å². The maximum atomic E-state index is 13.3. The van der Waals surface area contributed by atoms with Gasteiger partial charge in [0.05, 0.1) is 24.6 Å². The van der Waals surface area contributed by atoms with Gasteiger partial charge in [-0.2, -0.15) is 4.98 Å². The number of benzene rings is 1. The number of piperidine rings is 1. The van der Waals surface area contributed by atoms with Crippen LogP contribution in [0.1, 0.15) is 35.9 Å². The molecule has 3 aromatic rings. The first-order valence-corrected chi connectivity index (χ1v) is 13.5. The first kappa shape index (κ1) is 23.2. The number of hydrogen-bond acceptors (Lipinski definition) is 9. The third kappa shape index (κ3) is 4.75. The predicted octanol–water partition coefficient (Wildman–Crippen LogP) is 4.17. The van der Waals surface area contributed by atoms with Crippen molar-refractivity contribution in [2.75, 3.05) is 54.5 Å². The van der Waals surface area contributed by atoms with Crippen molar-refractivity contribution in [1.82, 2.24) is 15.3 Å². The molecule has 3 aliphatic heterocycles. The molecule has 5 heterocycles. The van der Waals surface area contributed by atoms with Crippen LogP contribution in [0, 0.1) is 6.92 Å². The van der Waals surface area contributed by atoms with Gasteiger partial charge in [-0.25, -0.2) is 0 Å². The number of aryl methyl sites for hydroxylation is 1. The Hall–Kier alpha value is -3.24. The molecule has 9 nitrogen and oxygen atoms in total. The van der Waals surface area contributed by atoms with Gasteiger partial charge in [-0.15, -0.1) is 11.8 Å². The lowest BCUT2D eigenvalue weighted by atomic mass is 10.1. The van der Waals surface area contributed by atoms with Gasteiger partial charge in [0, 0.05) is 49.5 Å². The number of morpholine rings is 1. The summed E-state index contributed by atoms with van der Waals surface area (Å²) >= 11 is 1.59. The molecule has 0 bridgehead atoms. The van der Waals surface area contributed by atoms with Gasteiger partial charge in [-0.1, -0.05) is 0 Å². The minimum Gasteiger partial charge on any atom is -0.423 e. The zero-order chi connectivity index (χ0) is 24.5. The number of fused-ring (bicyclic) bond motifs is 1. The van der Waals surface area contributed by atoms with E-state index in [1.165, 1.54) is 6.42 Å². The van der Waals surface area contributed by atoms with Gasteiger partial charge in [0.15, 0.2) is 5.58 Å². The van der Waals surface area contributed by atoms with Crippen LogP contribution in [-0.4, -0.2) is 55.3 Å². The van der Waals surface area contributed by atoms with Gasteiger partial charge in [-0.3, -0.25) is 9.78 Å². The van der Waals surface area contributed by atoms with Crippen LogP contribution in [0.5, 0.6) is 0 Å². The standard InChI is InChI=1S/C26H30N6O3S/c1-17-13-18(5-6-27-17)25-29-21(16-36-25)24(33)28-19-15-23-20(14-22(19)31-7-3-2-4-8-31)30-26(35-23)32-9-11-34-12-10-32/h5-6,13-16,25,29H,2-4,7-12H2,1H3,(H,28,33). The molecule has 0 radical (unpaired) electrons. The number of hydrogen-bond donors (Lipinski definition) is 2. The quantitative estimate of drug-likeness (QED) is 0.528. The van der Waals surface area contributed by atoms with Crippen molar-refractivity contribution in [3.63, 3.8) is 0 Å². The van der Waals surface area contributed by atoms with Gasteiger partial charge in [0.1, 0.15) is 16.6 Å². The highest BCUT2D eigenvalue weighted by molar-refractivity contribution is 8.02. The number of anilines is 3. The molecule has 6 rings (SSSR count). The van der Waals surface area contributed by atoms with Crippen LogP contribution in [0.2, 0.25) is 0 Å². The molecule has 0 saturated carbocycles. The molecule has 2 aromatic heterocycles. The number of nitrogens with zero attached hydrogens (tertiary/aromatic N) is 4. The summed E-state index contributed by atoms with van der Waals surface area (Å²) in [7, 11) is 0. The van der Waals surface area contributed by atoms with E-state index < -0.39 is 0 Å². The average Bonchev–Trinajstić information content (AvgIpc) is 3.57. The molecule has 0 aliphatic carbocycles. The molecule has 3 aliphatic rings. The summed E-state index contributed by atoms with van der Waals surface area (Å²) in [4.78, 5) is 26.8. The first-order valence-electron chi connectivity index (χ1n) is 12.5. The maximum absolute atomic E-state index is 13.3. The molecular formula is C26H30N6O3S. The summed E-state index contributed by atoms with van der Waals surface area (Å²) in [6.07, 6.45) is 5.31. The number of carbonyl (C=O) groups is 1. The molecule has 1 amide bonds. The minimum atomic E-state index is -0.165. The molecule has 1 aromatic carbocycles. The summed E-state index contributed by atoms with van der Waals surface area (Å²) in [6, 6.07) is 8.59. The maximum Gasteiger partial charge on any atom is 0.298 e. The molecule has 2 N–H and O–H groups in total. The highest BCUT2D eigenvalue weighted by atomic mass is 32.2. The first-order chi connectivity index (χ1) is 17.6. The number of carbonyl (C=O) groups excluding carboxylic acids is 1. The average molecular weight is 507 g/mol. The van der Waals surface area contributed by atoms with Crippen molar-refractivity contribution < 1.29 is 13.9 Å². The summed E-state index contributed by atoms with van der Waals surface area (Å²) in [5.41, 5.74) is 5.81. The van der Waals surface area contributed by atoms with Crippen molar-refractivity contribution in [2.45, 2.75) is 31.6 Å². The second-order valence-corrected chi connectivity index (χ2v) is 10.3. The van der Waals surface area contributed by atoms with Crippen LogP contribution in [0.15, 0.2) is 46.0 Å². The third-order valence-corrected chi connectivity index (χ3v) is 7.83.